The number of nitrogens with zero attached hydrogens (tertiary/aromatic N) is 2. The standard InChI is InChI=1S/C15H16N2O3/c18-12-8-6-11(7-9-12)15-16-14(17-20-15)10-19-13-4-2-1-3-5-13/h1-5,11H,6-10H2. The van der Waals surface area contributed by atoms with Crippen molar-refractivity contribution in [1.29, 1.82) is 0 Å². The molecule has 20 heavy (non-hydrogen) atoms. The second-order valence-electron chi connectivity index (χ2n) is 4.96. The van der Waals surface area contributed by atoms with Gasteiger partial charge in [0.25, 0.3) is 0 Å². The number of para-hydroxylation sites is 1. The summed E-state index contributed by atoms with van der Waals surface area (Å²) in [6.07, 6.45) is 2.84. The summed E-state index contributed by atoms with van der Waals surface area (Å²) in [5, 5.41) is 3.93. The maximum absolute atomic E-state index is 11.2. The van der Waals surface area contributed by atoms with Gasteiger partial charge in [0, 0.05) is 18.8 Å². The van der Waals surface area contributed by atoms with Gasteiger partial charge in [-0.25, -0.2) is 0 Å². The lowest BCUT2D eigenvalue weighted by Crippen LogP contribution is -2.12. The summed E-state index contributed by atoms with van der Waals surface area (Å²) < 4.78 is 10.8. The van der Waals surface area contributed by atoms with Gasteiger partial charge in [-0.3, -0.25) is 4.79 Å². The fourth-order valence-electron chi connectivity index (χ4n) is 2.34. The quantitative estimate of drug-likeness (QED) is 0.856. The van der Waals surface area contributed by atoms with Gasteiger partial charge in [-0.1, -0.05) is 23.4 Å². The minimum Gasteiger partial charge on any atom is -0.485 e. The van der Waals surface area contributed by atoms with E-state index in [2.05, 4.69) is 10.1 Å². The largest absolute Gasteiger partial charge is 0.485 e. The zero-order valence-corrected chi connectivity index (χ0v) is 11.1. The van der Waals surface area contributed by atoms with E-state index in [9.17, 15) is 4.79 Å². The van der Waals surface area contributed by atoms with Gasteiger partial charge in [0.15, 0.2) is 6.61 Å². The Morgan fingerprint density at radius 2 is 1.95 bits per heavy atom. The van der Waals surface area contributed by atoms with E-state index in [1.807, 2.05) is 30.3 Å². The third kappa shape index (κ3) is 3.04. The van der Waals surface area contributed by atoms with Gasteiger partial charge >= 0.3 is 0 Å². The van der Waals surface area contributed by atoms with E-state index in [-0.39, 0.29) is 5.92 Å². The van der Waals surface area contributed by atoms with Crippen molar-refractivity contribution in [2.75, 3.05) is 0 Å². The van der Waals surface area contributed by atoms with E-state index in [4.69, 9.17) is 9.26 Å². The van der Waals surface area contributed by atoms with Gasteiger partial charge in [-0.05, 0) is 25.0 Å². The van der Waals surface area contributed by atoms with Crippen LogP contribution in [0.25, 0.3) is 0 Å². The van der Waals surface area contributed by atoms with Crippen molar-refractivity contribution in [2.24, 2.45) is 0 Å². The van der Waals surface area contributed by atoms with E-state index in [0.29, 0.717) is 36.9 Å². The van der Waals surface area contributed by atoms with Crippen LogP contribution in [0.15, 0.2) is 34.9 Å². The first-order chi connectivity index (χ1) is 9.81. The summed E-state index contributed by atoms with van der Waals surface area (Å²) in [5.41, 5.74) is 0. The van der Waals surface area contributed by atoms with Crippen molar-refractivity contribution >= 4 is 5.78 Å². The molecule has 5 nitrogen and oxygen atoms in total. The van der Waals surface area contributed by atoms with Crippen molar-refractivity contribution in [3.63, 3.8) is 0 Å². The van der Waals surface area contributed by atoms with Crippen LogP contribution < -0.4 is 4.74 Å². The first-order valence-corrected chi connectivity index (χ1v) is 6.83. The van der Waals surface area contributed by atoms with Crippen molar-refractivity contribution in [3.05, 3.63) is 42.0 Å². The zero-order chi connectivity index (χ0) is 13.8. The van der Waals surface area contributed by atoms with E-state index in [1.165, 1.54) is 0 Å². The van der Waals surface area contributed by atoms with Crippen molar-refractivity contribution in [1.82, 2.24) is 10.1 Å². The van der Waals surface area contributed by atoms with Crippen LogP contribution in [-0.4, -0.2) is 15.9 Å². The van der Waals surface area contributed by atoms with Gasteiger partial charge in [-0.2, -0.15) is 4.98 Å². The number of ether oxygens (including phenoxy) is 1. The molecule has 1 saturated carbocycles. The Bertz CT molecular complexity index is 570. The molecule has 0 saturated heterocycles. The summed E-state index contributed by atoms with van der Waals surface area (Å²) in [6, 6.07) is 9.53. The molecule has 0 bridgehead atoms. The lowest BCUT2D eigenvalue weighted by molar-refractivity contribution is -0.120. The predicted molar refractivity (Wildman–Crippen MR) is 71.3 cm³/mol. The average Bonchev–Trinajstić information content (AvgIpc) is 2.96. The second-order valence-corrected chi connectivity index (χ2v) is 4.96. The van der Waals surface area contributed by atoms with Crippen LogP contribution in [0.2, 0.25) is 0 Å². The van der Waals surface area contributed by atoms with Gasteiger partial charge in [-0.15, -0.1) is 0 Å². The second kappa shape index (κ2) is 5.86. The Labute approximate surface area is 116 Å². The van der Waals surface area contributed by atoms with E-state index < -0.39 is 0 Å². The summed E-state index contributed by atoms with van der Waals surface area (Å²) in [4.78, 5) is 15.6. The van der Waals surface area contributed by atoms with Crippen LogP contribution in [0.4, 0.5) is 0 Å². The molecule has 1 aliphatic carbocycles. The first kappa shape index (κ1) is 12.8. The molecule has 0 aliphatic heterocycles. The fraction of sp³-hybridized carbons (Fsp3) is 0.400. The molecule has 0 N–H and O–H groups in total. The number of carbonyl (C=O) groups excluding carboxylic acids is 1. The van der Waals surface area contributed by atoms with E-state index >= 15 is 0 Å². The highest BCUT2D eigenvalue weighted by atomic mass is 16.5. The molecule has 1 heterocycles. The minimum absolute atomic E-state index is 0.214. The number of carbonyl (C=O) groups is 1. The van der Waals surface area contributed by atoms with E-state index in [0.717, 1.165) is 18.6 Å². The van der Waals surface area contributed by atoms with Gasteiger partial charge in [0.1, 0.15) is 11.5 Å². The molecule has 0 unspecified atom stereocenters. The van der Waals surface area contributed by atoms with Crippen LogP contribution in [0.3, 0.4) is 0 Å². The summed E-state index contributed by atoms with van der Waals surface area (Å²) in [7, 11) is 0. The fourth-order valence-corrected chi connectivity index (χ4v) is 2.34. The maximum Gasteiger partial charge on any atom is 0.229 e. The summed E-state index contributed by atoms with van der Waals surface area (Å²) in [6.45, 7) is 0.291. The third-order valence-electron chi connectivity index (χ3n) is 3.49. The smallest absolute Gasteiger partial charge is 0.229 e. The molecule has 5 heteroatoms. The molecule has 0 radical (unpaired) electrons. The molecule has 0 amide bonds. The molecule has 1 aromatic carbocycles. The molecule has 1 aliphatic rings. The molecule has 0 atom stereocenters. The molecule has 0 spiro atoms. The van der Waals surface area contributed by atoms with Crippen molar-refractivity contribution in [2.45, 2.75) is 38.2 Å². The summed E-state index contributed by atoms with van der Waals surface area (Å²) >= 11 is 0. The Balaban J connectivity index is 1.58. The number of aromatic nitrogens is 2. The maximum atomic E-state index is 11.2. The molecule has 3 rings (SSSR count). The van der Waals surface area contributed by atoms with Crippen LogP contribution in [0.5, 0.6) is 5.75 Å². The Kier molecular flexibility index (Phi) is 3.76. The monoisotopic (exact) mass is 272 g/mol. The highest BCUT2D eigenvalue weighted by Crippen LogP contribution is 2.30. The highest BCUT2D eigenvalue weighted by Gasteiger charge is 2.25. The number of benzene rings is 1. The van der Waals surface area contributed by atoms with Crippen LogP contribution in [-0.2, 0) is 11.4 Å². The van der Waals surface area contributed by atoms with Crippen LogP contribution >= 0.6 is 0 Å². The number of hydrogen-bond acceptors (Lipinski definition) is 5. The highest BCUT2D eigenvalue weighted by molar-refractivity contribution is 5.79. The number of hydrogen-bond donors (Lipinski definition) is 0. The third-order valence-corrected chi connectivity index (χ3v) is 3.49. The molecule has 1 fully saturated rings. The number of rotatable bonds is 4. The zero-order valence-electron chi connectivity index (χ0n) is 11.1. The molecular weight excluding hydrogens is 256 g/mol. The van der Waals surface area contributed by atoms with Gasteiger partial charge < -0.3 is 9.26 Å². The molecule has 104 valence electrons. The van der Waals surface area contributed by atoms with E-state index in [1.54, 1.807) is 0 Å². The Hall–Kier alpha value is -2.17. The Morgan fingerprint density at radius 3 is 2.70 bits per heavy atom. The predicted octanol–water partition coefficient (Wildman–Crippen LogP) is 2.88. The molecule has 1 aromatic heterocycles. The lowest BCUT2D eigenvalue weighted by Gasteiger charge is -2.16. The number of Topliss-reactive ketones (excluding diaryl/α,β-unsaturated/α-hetero) is 1. The van der Waals surface area contributed by atoms with Gasteiger partial charge in [0.2, 0.25) is 11.7 Å². The summed E-state index contributed by atoms with van der Waals surface area (Å²) in [5.74, 6) is 2.49. The minimum atomic E-state index is 0.214. The Morgan fingerprint density at radius 1 is 1.20 bits per heavy atom. The molecular formula is C15H16N2O3. The van der Waals surface area contributed by atoms with Crippen molar-refractivity contribution in [3.8, 4) is 5.75 Å². The van der Waals surface area contributed by atoms with Crippen LogP contribution in [0, 0.1) is 0 Å². The average molecular weight is 272 g/mol. The lowest BCUT2D eigenvalue weighted by atomic mass is 9.88. The number of ketones is 1. The SMILES string of the molecule is O=C1CCC(c2nc(COc3ccccc3)no2)CC1. The van der Waals surface area contributed by atoms with Gasteiger partial charge in [0.05, 0.1) is 0 Å². The molecule has 2 aromatic rings. The topological polar surface area (TPSA) is 65.2 Å². The van der Waals surface area contributed by atoms with Crippen LogP contribution in [0.1, 0.15) is 43.3 Å². The normalized spacial score (nSPS) is 16.3. The first-order valence-electron chi connectivity index (χ1n) is 6.83. The van der Waals surface area contributed by atoms with Crippen molar-refractivity contribution < 1.29 is 14.1 Å².